The lowest BCUT2D eigenvalue weighted by molar-refractivity contribution is -0.0907. The normalized spacial score (nSPS) is 22.6. The molecule has 0 bridgehead atoms. The first kappa shape index (κ1) is 30.4. The number of carbonyl (C=O) groups is 1. The van der Waals surface area contributed by atoms with Gasteiger partial charge in [-0.1, -0.05) is 44.2 Å². The van der Waals surface area contributed by atoms with Crippen LogP contribution in [0.5, 0.6) is 11.5 Å². The summed E-state index contributed by atoms with van der Waals surface area (Å²) in [5.41, 5.74) is 0.939. The number of benzene rings is 2. The Kier molecular flexibility index (Phi) is 10.9. The van der Waals surface area contributed by atoms with Crippen LogP contribution in [0.1, 0.15) is 25.8 Å². The van der Waals surface area contributed by atoms with Crippen LogP contribution in [0.15, 0.2) is 53.4 Å². The summed E-state index contributed by atoms with van der Waals surface area (Å²) in [5, 5.41) is 14.3. The number of alkyl carbamates (subject to hydrolysis) is 1. The Labute approximate surface area is 239 Å². The molecule has 6 atom stereocenters. The molecule has 0 saturated carbocycles. The minimum atomic E-state index is -1.63. The van der Waals surface area contributed by atoms with Crippen LogP contribution in [0, 0.1) is 11.8 Å². The van der Waals surface area contributed by atoms with Gasteiger partial charge >= 0.3 is 6.09 Å². The molecule has 2 fully saturated rings. The van der Waals surface area contributed by atoms with E-state index in [4.69, 9.17) is 23.7 Å². The quantitative estimate of drug-likeness (QED) is 0.346. The van der Waals surface area contributed by atoms with Gasteiger partial charge in [-0.2, -0.15) is 0 Å². The zero-order chi connectivity index (χ0) is 28.6. The molecule has 0 spiro atoms. The Hall–Kier alpha value is -2.54. The van der Waals surface area contributed by atoms with Crippen molar-refractivity contribution >= 4 is 17.5 Å². The molecule has 0 aliphatic carbocycles. The average molecular weight is 577 g/mol. The number of carbonyl (C=O) groups excluding carboxylic acids is 1. The number of ether oxygens (including phenoxy) is 5. The number of nitrogens with one attached hydrogen (secondary N) is 1. The van der Waals surface area contributed by atoms with Crippen molar-refractivity contribution in [2.75, 3.05) is 40.5 Å². The Morgan fingerprint density at radius 1 is 1.12 bits per heavy atom. The second-order valence-corrected chi connectivity index (χ2v) is 12.0. The molecule has 2 N–H and O–H groups in total. The van der Waals surface area contributed by atoms with Gasteiger partial charge in [-0.3, -0.25) is 0 Å². The molecule has 40 heavy (non-hydrogen) atoms. The van der Waals surface area contributed by atoms with Crippen molar-refractivity contribution in [1.82, 2.24) is 9.62 Å². The van der Waals surface area contributed by atoms with E-state index in [1.807, 2.05) is 44.2 Å². The molecular formula is C29H40N2O8S. The van der Waals surface area contributed by atoms with Crippen molar-refractivity contribution in [2.24, 2.45) is 11.8 Å². The van der Waals surface area contributed by atoms with E-state index >= 15 is 0 Å². The van der Waals surface area contributed by atoms with Gasteiger partial charge in [0.05, 0.1) is 63.4 Å². The van der Waals surface area contributed by atoms with E-state index in [1.165, 1.54) is 14.2 Å². The Morgan fingerprint density at radius 3 is 2.48 bits per heavy atom. The Bertz CT molecular complexity index is 1070. The van der Waals surface area contributed by atoms with Gasteiger partial charge < -0.3 is 38.7 Å². The number of hydrogen-bond donors (Lipinski definition) is 2. The highest BCUT2D eigenvalue weighted by Crippen LogP contribution is 2.33. The summed E-state index contributed by atoms with van der Waals surface area (Å²) in [7, 11) is 3.07. The maximum absolute atomic E-state index is 13.8. The molecule has 1 amide bonds. The lowest BCUT2D eigenvalue weighted by atomic mass is 10.0. The van der Waals surface area contributed by atoms with Gasteiger partial charge in [0.1, 0.15) is 17.6 Å². The first-order chi connectivity index (χ1) is 19.3. The van der Waals surface area contributed by atoms with Gasteiger partial charge in [-0.15, -0.1) is 4.31 Å². The molecule has 2 aromatic rings. The number of aliphatic hydroxyl groups is 1. The van der Waals surface area contributed by atoms with Gasteiger partial charge in [-0.05, 0) is 24.3 Å². The third-order valence-corrected chi connectivity index (χ3v) is 8.44. The summed E-state index contributed by atoms with van der Waals surface area (Å²) in [6, 6.07) is 14.0. The van der Waals surface area contributed by atoms with Crippen molar-refractivity contribution in [1.29, 1.82) is 0 Å². The van der Waals surface area contributed by atoms with Crippen molar-refractivity contribution in [3.05, 3.63) is 54.1 Å². The fourth-order valence-electron chi connectivity index (χ4n) is 5.01. The first-order valence-corrected chi connectivity index (χ1v) is 14.7. The summed E-state index contributed by atoms with van der Waals surface area (Å²) in [6.45, 7) is 5.39. The molecule has 11 heteroatoms. The molecule has 2 heterocycles. The lowest BCUT2D eigenvalue weighted by Crippen LogP contribution is -2.51. The molecule has 220 valence electrons. The highest BCUT2D eigenvalue weighted by atomic mass is 32.2. The predicted octanol–water partition coefficient (Wildman–Crippen LogP) is 3.14. The topological polar surface area (TPSA) is 122 Å². The summed E-state index contributed by atoms with van der Waals surface area (Å²) >= 11 is -1.63. The Morgan fingerprint density at radius 2 is 1.82 bits per heavy atom. The lowest BCUT2D eigenvalue weighted by Gasteiger charge is -2.31. The van der Waals surface area contributed by atoms with Crippen molar-refractivity contribution in [3.63, 3.8) is 0 Å². The molecule has 0 radical (unpaired) electrons. The fourth-order valence-corrected chi connectivity index (χ4v) is 6.46. The number of methoxy groups -OCH3 is 2. The van der Waals surface area contributed by atoms with E-state index in [2.05, 4.69) is 5.32 Å². The van der Waals surface area contributed by atoms with E-state index in [1.54, 1.807) is 22.5 Å². The van der Waals surface area contributed by atoms with Crippen LogP contribution in [0.3, 0.4) is 0 Å². The zero-order valence-corrected chi connectivity index (χ0v) is 24.3. The van der Waals surface area contributed by atoms with Crippen molar-refractivity contribution < 1.29 is 38.1 Å². The maximum atomic E-state index is 13.8. The summed E-state index contributed by atoms with van der Waals surface area (Å²) in [5.74, 6) is 1.21. The standard InChI is InChI=1S/C29H40N2O8S/c1-19(2)16-31(40(34)23-14-21(35-3)13-22(15-23)36-4)17-26(32)25(12-20-8-6-5-7-9-20)30-29(33)39-27-18-38-28-24(27)10-11-37-28/h5-9,13-15,19,24-28,32H,10-12,16-18H2,1-4H3,(H,30,33)/t24-,25-,26+,27-,28+,40?/m0/s1. The van der Waals surface area contributed by atoms with E-state index in [0.717, 1.165) is 12.0 Å². The van der Waals surface area contributed by atoms with Crippen LogP contribution in [-0.4, -0.2) is 85.1 Å². The average Bonchev–Trinajstić information content (AvgIpc) is 3.57. The molecule has 2 aliphatic heterocycles. The molecule has 2 aromatic carbocycles. The Balaban J connectivity index is 1.50. The smallest absolute Gasteiger partial charge is 0.407 e. The van der Waals surface area contributed by atoms with E-state index < -0.39 is 35.7 Å². The second-order valence-electron chi connectivity index (χ2n) is 10.5. The van der Waals surface area contributed by atoms with Crippen LogP contribution in [0.4, 0.5) is 4.79 Å². The number of rotatable bonds is 13. The maximum Gasteiger partial charge on any atom is 0.407 e. The molecule has 1 unspecified atom stereocenters. The van der Waals surface area contributed by atoms with E-state index in [-0.39, 0.29) is 31.3 Å². The third kappa shape index (κ3) is 8.02. The second kappa shape index (κ2) is 14.4. The fraction of sp³-hybridized carbons (Fsp3) is 0.552. The third-order valence-electron chi connectivity index (χ3n) is 7.03. The number of hydrogen-bond acceptors (Lipinski definition) is 9. The summed E-state index contributed by atoms with van der Waals surface area (Å²) in [6.07, 6.45) is -1.29. The number of aliphatic hydroxyl groups excluding tert-OH is 1. The van der Waals surface area contributed by atoms with Gasteiger partial charge in [-0.25, -0.2) is 4.79 Å². The molecule has 4 rings (SSSR count). The predicted molar refractivity (Wildman–Crippen MR) is 150 cm³/mol. The van der Waals surface area contributed by atoms with Crippen LogP contribution >= 0.6 is 0 Å². The van der Waals surface area contributed by atoms with Crippen molar-refractivity contribution in [2.45, 2.75) is 56.1 Å². The largest absolute Gasteiger partial charge is 0.593 e. The van der Waals surface area contributed by atoms with Gasteiger partial charge in [0.15, 0.2) is 11.2 Å². The summed E-state index contributed by atoms with van der Waals surface area (Å²) < 4.78 is 43.0. The van der Waals surface area contributed by atoms with Crippen LogP contribution in [0.2, 0.25) is 0 Å². The molecule has 2 saturated heterocycles. The van der Waals surface area contributed by atoms with Crippen molar-refractivity contribution in [3.8, 4) is 11.5 Å². The zero-order valence-electron chi connectivity index (χ0n) is 23.5. The van der Waals surface area contributed by atoms with Gasteiger partial charge in [0.25, 0.3) is 0 Å². The monoisotopic (exact) mass is 576 g/mol. The molecule has 2 aliphatic rings. The molecule has 0 aromatic heterocycles. The first-order valence-electron chi connectivity index (χ1n) is 13.6. The van der Waals surface area contributed by atoms with E-state index in [0.29, 0.717) is 36.0 Å². The van der Waals surface area contributed by atoms with Crippen LogP contribution in [-0.2, 0) is 32.0 Å². The highest BCUT2D eigenvalue weighted by molar-refractivity contribution is 7.89. The number of fused-ring (bicyclic) bond motifs is 1. The van der Waals surface area contributed by atoms with Crippen LogP contribution in [0.25, 0.3) is 0 Å². The number of amides is 1. The summed E-state index contributed by atoms with van der Waals surface area (Å²) in [4.78, 5) is 13.5. The van der Waals surface area contributed by atoms with Crippen LogP contribution < -0.4 is 14.8 Å². The highest BCUT2D eigenvalue weighted by Gasteiger charge is 2.44. The SMILES string of the molecule is COc1cc(OC)cc([S+]([O-])N(CC(C)C)C[C@@H](O)[C@H](Cc2ccccc2)NC(=O)O[C@H]2CO[C@H]3OCC[C@H]32)c1. The molecular weight excluding hydrogens is 536 g/mol. The van der Waals surface area contributed by atoms with Gasteiger partial charge in [0, 0.05) is 24.7 Å². The van der Waals surface area contributed by atoms with E-state index in [9.17, 15) is 14.5 Å². The minimum Gasteiger partial charge on any atom is -0.593 e. The minimum absolute atomic E-state index is 0.00653. The number of nitrogens with zero attached hydrogens (tertiary/aromatic N) is 1. The molecule has 10 nitrogen and oxygen atoms in total. The van der Waals surface area contributed by atoms with Gasteiger partial charge in [0.2, 0.25) is 0 Å².